The van der Waals surface area contributed by atoms with Crippen molar-refractivity contribution in [2.75, 3.05) is 17.2 Å². The highest BCUT2D eigenvalue weighted by atomic mass is 32.1. The topological polar surface area (TPSA) is 49.8 Å². The van der Waals surface area contributed by atoms with Crippen LogP contribution in [0.5, 0.6) is 0 Å². The molecule has 0 fully saturated rings. The van der Waals surface area contributed by atoms with Gasteiger partial charge in [0.1, 0.15) is 5.82 Å². The Hall–Kier alpha value is -1.83. The molecule has 0 saturated carbocycles. The number of hydrogen-bond acceptors (Lipinski definition) is 5. The molecule has 0 atom stereocenters. The predicted octanol–water partition coefficient (Wildman–Crippen LogP) is 3.99. The van der Waals surface area contributed by atoms with Crippen LogP contribution in [0.4, 0.5) is 24.9 Å². The van der Waals surface area contributed by atoms with Crippen molar-refractivity contribution in [2.45, 2.75) is 26.1 Å². The molecule has 4 nitrogen and oxygen atoms in total. The van der Waals surface area contributed by atoms with Crippen LogP contribution in [0.1, 0.15) is 24.6 Å². The van der Waals surface area contributed by atoms with Gasteiger partial charge in [-0.05, 0) is 28.8 Å². The molecule has 8 heteroatoms. The molecule has 0 unspecified atom stereocenters. The van der Waals surface area contributed by atoms with Crippen molar-refractivity contribution in [3.8, 4) is 0 Å². The van der Waals surface area contributed by atoms with Crippen molar-refractivity contribution >= 4 is 23.1 Å². The van der Waals surface area contributed by atoms with Gasteiger partial charge >= 0.3 is 6.18 Å². The molecule has 0 aliphatic heterocycles. The maximum atomic E-state index is 12.8. The number of thiophene rings is 1. The first-order valence-corrected chi connectivity index (χ1v) is 7.38. The molecule has 2 rings (SSSR count). The molecule has 0 aliphatic rings. The highest BCUT2D eigenvalue weighted by molar-refractivity contribution is 7.07. The largest absolute Gasteiger partial charge is 0.433 e. The summed E-state index contributed by atoms with van der Waals surface area (Å²) in [7, 11) is 0. The van der Waals surface area contributed by atoms with Crippen LogP contribution in [0.15, 0.2) is 22.9 Å². The number of rotatable bonds is 6. The molecule has 0 amide bonds. The monoisotopic (exact) mass is 316 g/mol. The van der Waals surface area contributed by atoms with Crippen molar-refractivity contribution in [1.82, 2.24) is 9.97 Å². The number of nitrogens with one attached hydrogen (secondary N) is 2. The summed E-state index contributed by atoms with van der Waals surface area (Å²) in [5, 5.41) is 9.51. The minimum absolute atomic E-state index is 0.0144. The number of hydrogen-bond donors (Lipinski definition) is 2. The number of nitrogens with zero attached hydrogens (tertiary/aromatic N) is 2. The van der Waals surface area contributed by atoms with E-state index in [2.05, 4.69) is 20.6 Å². The number of halogens is 3. The van der Waals surface area contributed by atoms with E-state index in [1.165, 1.54) is 11.3 Å². The molecule has 0 saturated heterocycles. The number of anilines is 2. The molecule has 0 aliphatic carbocycles. The van der Waals surface area contributed by atoms with Gasteiger partial charge in [0.15, 0.2) is 5.69 Å². The lowest BCUT2D eigenvalue weighted by molar-refractivity contribution is -0.141. The van der Waals surface area contributed by atoms with E-state index >= 15 is 0 Å². The Balaban J connectivity index is 2.17. The van der Waals surface area contributed by atoms with Gasteiger partial charge in [-0.1, -0.05) is 6.92 Å². The van der Waals surface area contributed by atoms with E-state index < -0.39 is 11.9 Å². The van der Waals surface area contributed by atoms with Crippen molar-refractivity contribution in [3.63, 3.8) is 0 Å². The third-order valence-corrected chi connectivity index (χ3v) is 3.34. The van der Waals surface area contributed by atoms with Gasteiger partial charge in [0, 0.05) is 19.2 Å². The molecule has 2 aromatic rings. The van der Waals surface area contributed by atoms with Crippen LogP contribution in [0.2, 0.25) is 0 Å². The standard InChI is InChI=1S/C13H15F3N4S/c1-2-4-17-12-19-10(13(14,15)16)6-11(20-12)18-7-9-3-5-21-8-9/h3,5-6,8H,2,4,7H2,1H3,(H2,17,18,19,20). The third-order valence-electron chi connectivity index (χ3n) is 2.60. The highest BCUT2D eigenvalue weighted by Crippen LogP contribution is 2.29. The fourth-order valence-electron chi connectivity index (χ4n) is 1.58. The molecule has 0 radical (unpaired) electrons. The van der Waals surface area contributed by atoms with E-state index in [9.17, 15) is 13.2 Å². The van der Waals surface area contributed by atoms with Crippen LogP contribution in [-0.4, -0.2) is 16.5 Å². The molecule has 2 heterocycles. The Bertz CT molecular complexity index is 569. The first-order chi connectivity index (χ1) is 9.99. The second kappa shape index (κ2) is 6.75. The lowest BCUT2D eigenvalue weighted by atomic mass is 10.3. The van der Waals surface area contributed by atoms with Gasteiger partial charge < -0.3 is 10.6 Å². The van der Waals surface area contributed by atoms with Crippen LogP contribution in [-0.2, 0) is 12.7 Å². The normalized spacial score (nSPS) is 11.4. The molecule has 2 N–H and O–H groups in total. The van der Waals surface area contributed by atoms with Crippen molar-refractivity contribution in [3.05, 3.63) is 34.2 Å². The van der Waals surface area contributed by atoms with Gasteiger partial charge in [-0.3, -0.25) is 0 Å². The Morgan fingerprint density at radius 1 is 1.24 bits per heavy atom. The average molecular weight is 316 g/mol. The summed E-state index contributed by atoms with van der Waals surface area (Å²) in [6, 6.07) is 2.82. The summed E-state index contributed by atoms with van der Waals surface area (Å²) in [6.07, 6.45) is -3.72. The molecule has 114 valence electrons. The van der Waals surface area contributed by atoms with Crippen molar-refractivity contribution < 1.29 is 13.2 Å². The zero-order valence-electron chi connectivity index (χ0n) is 11.4. The average Bonchev–Trinajstić information content (AvgIpc) is 2.95. The summed E-state index contributed by atoms with van der Waals surface area (Å²) in [6.45, 7) is 2.85. The minimum atomic E-state index is -4.50. The van der Waals surface area contributed by atoms with E-state index in [0.717, 1.165) is 18.1 Å². The smallest absolute Gasteiger partial charge is 0.366 e. The molecule has 21 heavy (non-hydrogen) atoms. The first-order valence-electron chi connectivity index (χ1n) is 6.44. The van der Waals surface area contributed by atoms with E-state index in [1.54, 1.807) is 0 Å². The lowest BCUT2D eigenvalue weighted by Gasteiger charge is -2.12. The summed E-state index contributed by atoms with van der Waals surface area (Å²) < 4.78 is 38.5. The SMILES string of the molecule is CCCNc1nc(NCc2ccsc2)cc(C(F)(F)F)n1. The maximum Gasteiger partial charge on any atom is 0.433 e. The zero-order valence-corrected chi connectivity index (χ0v) is 12.2. The zero-order chi connectivity index (χ0) is 15.3. The van der Waals surface area contributed by atoms with Gasteiger partial charge in [0.25, 0.3) is 0 Å². The van der Waals surface area contributed by atoms with Gasteiger partial charge in [-0.15, -0.1) is 0 Å². The number of aromatic nitrogens is 2. The minimum Gasteiger partial charge on any atom is -0.366 e. The molecule has 2 aromatic heterocycles. The molecule has 0 aromatic carbocycles. The van der Waals surface area contributed by atoms with Gasteiger partial charge in [-0.25, -0.2) is 4.98 Å². The summed E-state index contributed by atoms with van der Waals surface area (Å²) in [5.74, 6) is 0.140. The van der Waals surface area contributed by atoms with Gasteiger partial charge in [0.05, 0.1) is 0 Å². The molecule has 0 bridgehead atoms. The van der Waals surface area contributed by atoms with Crippen LogP contribution >= 0.6 is 11.3 Å². The first kappa shape index (κ1) is 15.6. The molecular weight excluding hydrogens is 301 g/mol. The Morgan fingerprint density at radius 2 is 2.05 bits per heavy atom. The van der Waals surface area contributed by atoms with Crippen LogP contribution in [0, 0.1) is 0 Å². The summed E-state index contributed by atoms with van der Waals surface area (Å²) >= 11 is 1.53. The van der Waals surface area contributed by atoms with E-state index in [1.807, 2.05) is 23.8 Å². The second-order valence-corrected chi connectivity index (χ2v) is 5.15. The fourth-order valence-corrected chi connectivity index (χ4v) is 2.25. The Labute approximate surface area is 124 Å². The quantitative estimate of drug-likeness (QED) is 0.846. The Kier molecular flexibility index (Phi) is 5.00. The fraction of sp³-hybridized carbons (Fsp3) is 0.385. The predicted molar refractivity (Wildman–Crippen MR) is 77.5 cm³/mol. The van der Waals surface area contributed by atoms with Gasteiger partial charge in [-0.2, -0.15) is 29.5 Å². The maximum absolute atomic E-state index is 12.8. The van der Waals surface area contributed by atoms with Crippen molar-refractivity contribution in [1.29, 1.82) is 0 Å². The molecule has 0 spiro atoms. The summed E-state index contributed by atoms with van der Waals surface area (Å²) in [4.78, 5) is 7.56. The summed E-state index contributed by atoms with van der Waals surface area (Å²) in [5.41, 5.74) is 0.0409. The number of alkyl halides is 3. The second-order valence-electron chi connectivity index (χ2n) is 4.37. The van der Waals surface area contributed by atoms with Gasteiger partial charge in [0.2, 0.25) is 5.95 Å². The van der Waals surface area contributed by atoms with Crippen LogP contribution in [0.25, 0.3) is 0 Å². The van der Waals surface area contributed by atoms with Crippen LogP contribution in [0.3, 0.4) is 0 Å². The van der Waals surface area contributed by atoms with Crippen molar-refractivity contribution in [2.24, 2.45) is 0 Å². The van der Waals surface area contributed by atoms with E-state index in [4.69, 9.17) is 0 Å². The molecular formula is C13H15F3N4S. The highest BCUT2D eigenvalue weighted by Gasteiger charge is 2.33. The lowest BCUT2D eigenvalue weighted by Crippen LogP contribution is -2.14. The Morgan fingerprint density at radius 3 is 2.67 bits per heavy atom. The van der Waals surface area contributed by atoms with E-state index in [0.29, 0.717) is 13.1 Å². The third kappa shape index (κ3) is 4.59. The van der Waals surface area contributed by atoms with Crippen LogP contribution < -0.4 is 10.6 Å². The van der Waals surface area contributed by atoms with E-state index in [-0.39, 0.29) is 11.8 Å².